The van der Waals surface area contributed by atoms with Crippen molar-refractivity contribution in [2.75, 3.05) is 13.1 Å². The molecule has 24 heavy (non-hydrogen) atoms. The van der Waals surface area contributed by atoms with Crippen LogP contribution < -0.4 is 0 Å². The number of aliphatic hydroxyl groups is 1. The highest BCUT2D eigenvalue weighted by Crippen LogP contribution is 2.21. The number of likely N-dealkylation sites (N-methyl/N-ethyl adjacent to an activating group) is 1. The van der Waals surface area contributed by atoms with Gasteiger partial charge >= 0.3 is 0 Å². The number of carbonyl (C=O) groups is 1. The standard InChI is InChI=1S/C18H23FN2O3/c1-4-21(12-18(2,3)23)17(22)10-9-16-20-11-15(24-16)13-5-7-14(19)8-6-13/h5-8,11,23H,4,9-10,12H2,1-3H3. The summed E-state index contributed by atoms with van der Waals surface area (Å²) in [5, 5.41) is 9.85. The first-order valence-corrected chi connectivity index (χ1v) is 7.99. The topological polar surface area (TPSA) is 66.6 Å². The average Bonchev–Trinajstić information content (AvgIpc) is 2.99. The molecule has 0 fully saturated rings. The monoisotopic (exact) mass is 334 g/mol. The van der Waals surface area contributed by atoms with Crippen LogP contribution in [0.4, 0.5) is 4.39 Å². The lowest BCUT2D eigenvalue weighted by atomic mass is 10.1. The summed E-state index contributed by atoms with van der Waals surface area (Å²) in [5.74, 6) is 0.639. The van der Waals surface area contributed by atoms with E-state index in [1.807, 2.05) is 6.92 Å². The minimum absolute atomic E-state index is 0.0545. The quantitative estimate of drug-likeness (QED) is 0.845. The second-order valence-corrected chi connectivity index (χ2v) is 6.35. The smallest absolute Gasteiger partial charge is 0.223 e. The van der Waals surface area contributed by atoms with Crippen molar-refractivity contribution in [3.8, 4) is 11.3 Å². The molecule has 0 spiro atoms. The maximum absolute atomic E-state index is 12.9. The van der Waals surface area contributed by atoms with Crippen molar-refractivity contribution in [2.45, 2.75) is 39.2 Å². The summed E-state index contributed by atoms with van der Waals surface area (Å²) in [4.78, 5) is 18.0. The molecule has 2 aromatic rings. The molecule has 0 aliphatic rings. The molecule has 0 bridgehead atoms. The molecule has 0 aliphatic heterocycles. The fourth-order valence-electron chi connectivity index (χ4n) is 2.39. The molecule has 1 aromatic carbocycles. The van der Waals surface area contributed by atoms with Gasteiger partial charge in [0.1, 0.15) is 5.82 Å². The van der Waals surface area contributed by atoms with E-state index in [0.717, 1.165) is 5.56 Å². The van der Waals surface area contributed by atoms with Gasteiger partial charge in [-0.3, -0.25) is 4.79 Å². The molecule has 130 valence electrons. The molecule has 5 nitrogen and oxygen atoms in total. The third-order valence-corrected chi connectivity index (χ3v) is 3.55. The van der Waals surface area contributed by atoms with Crippen molar-refractivity contribution in [3.05, 3.63) is 42.2 Å². The summed E-state index contributed by atoms with van der Waals surface area (Å²) >= 11 is 0. The first-order chi connectivity index (χ1) is 11.3. The first kappa shape index (κ1) is 18.1. The first-order valence-electron chi connectivity index (χ1n) is 7.99. The van der Waals surface area contributed by atoms with Gasteiger partial charge in [0, 0.05) is 31.5 Å². The van der Waals surface area contributed by atoms with Gasteiger partial charge in [-0.15, -0.1) is 0 Å². The second kappa shape index (κ2) is 7.57. The number of aryl methyl sites for hydroxylation is 1. The van der Waals surface area contributed by atoms with Gasteiger partial charge in [-0.25, -0.2) is 9.37 Å². The van der Waals surface area contributed by atoms with Crippen LogP contribution in [-0.2, 0) is 11.2 Å². The fraction of sp³-hybridized carbons (Fsp3) is 0.444. The van der Waals surface area contributed by atoms with E-state index in [1.165, 1.54) is 12.1 Å². The highest BCUT2D eigenvalue weighted by Gasteiger charge is 2.21. The van der Waals surface area contributed by atoms with E-state index < -0.39 is 5.60 Å². The van der Waals surface area contributed by atoms with Crippen molar-refractivity contribution in [2.24, 2.45) is 0 Å². The molecule has 1 amide bonds. The summed E-state index contributed by atoms with van der Waals surface area (Å²) in [7, 11) is 0. The lowest BCUT2D eigenvalue weighted by molar-refractivity contribution is -0.134. The predicted octanol–water partition coefficient (Wildman–Crippen LogP) is 3.03. The number of hydrogen-bond acceptors (Lipinski definition) is 4. The zero-order chi connectivity index (χ0) is 17.7. The molecule has 6 heteroatoms. The largest absolute Gasteiger partial charge is 0.441 e. The van der Waals surface area contributed by atoms with Crippen LogP contribution in [0, 0.1) is 5.82 Å². The molecule has 0 unspecified atom stereocenters. The number of carbonyl (C=O) groups excluding carboxylic acids is 1. The minimum atomic E-state index is -0.926. The number of rotatable bonds is 7. The average molecular weight is 334 g/mol. The van der Waals surface area contributed by atoms with Gasteiger partial charge in [-0.2, -0.15) is 0 Å². The number of aromatic nitrogens is 1. The number of amides is 1. The SMILES string of the molecule is CCN(CC(C)(C)O)C(=O)CCc1ncc(-c2ccc(F)cc2)o1. The lowest BCUT2D eigenvalue weighted by Crippen LogP contribution is -2.42. The molecule has 0 saturated carbocycles. The Hall–Kier alpha value is -2.21. The van der Waals surface area contributed by atoms with Gasteiger partial charge in [0.25, 0.3) is 0 Å². The minimum Gasteiger partial charge on any atom is -0.441 e. The molecule has 2 rings (SSSR count). The van der Waals surface area contributed by atoms with Crippen LogP contribution in [0.1, 0.15) is 33.1 Å². The van der Waals surface area contributed by atoms with Gasteiger partial charge in [-0.1, -0.05) is 0 Å². The Labute approximate surface area is 141 Å². The van der Waals surface area contributed by atoms with E-state index in [0.29, 0.717) is 24.6 Å². The van der Waals surface area contributed by atoms with Crippen LogP contribution >= 0.6 is 0 Å². The zero-order valence-electron chi connectivity index (χ0n) is 14.3. The Morgan fingerprint density at radius 3 is 2.58 bits per heavy atom. The molecular formula is C18H23FN2O3. The van der Waals surface area contributed by atoms with E-state index in [2.05, 4.69) is 4.98 Å². The number of benzene rings is 1. The fourth-order valence-corrected chi connectivity index (χ4v) is 2.39. The van der Waals surface area contributed by atoms with E-state index in [9.17, 15) is 14.3 Å². The van der Waals surface area contributed by atoms with Crippen molar-refractivity contribution < 1.29 is 18.7 Å². The lowest BCUT2D eigenvalue weighted by Gasteiger charge is -2.28. The van der Waals surface area contributed by atoms with Crippen molar-refractivity contribution in [3.63, 3.8) is 0 Å². The number of nitrogens with zero attached hydrogens (tertiary/aromatic N) is 2. The summed E-state index contributed by atoms with van der Waals surface area (Å²) in [6, 6.07) is 5.95. The number of halogens is 1. The summed E-state index contributed by atoms with van der Waals surface area (Å²) in [5.41, 5.74) is -0.191. The molecule has 0 atom stereocenters. The normalized spacial score (nSPS) is 11.5. The number of hydrogen-bond donors (Lipinski definition) is 1. The van der Waals surface area contributed by atoms with E-state index >= 15 is 0 Å². The van der Waals surface area contributed by atoms with Gasteiger partial charge in [0.15, 0.2) is 11.7 Å². The maximum Gasteiger partial charge on any atom is 0.223 e. The molecule has 1 heterocycles. The highest BCUT2D eigenvalue weighted by atomic mass is 19.1. The third kappa shape index (κ3) is 5.16. The van der Waals surface area contributed by atoms with Crippen molar-refractivity contribution >= 4 is 5.91 Å². The number of oxazole rings is 1. The van der Waals surface area contributed by atoms with Crippen LogP contribution in [0.25, 0.3) is 11.3 Å². The Morgan fingerprint density at radius 1 is 1.33 bits per heavy atom. The van der Waals surface area contributed by atoms with E-state index in [4.69, 9.17) is 4.42 Å². The zero-order valence-corrected chi connectivity index (χ0v) is 14.3. The summed E-state index contributed by atoms with van der Waals surface area (Å²) < 4.78 is 18.6. The van der Waals surface area contributed by atoms with Crippen molar-refractivity contribution in [1.29, 1.82) is 0 Å². The van der Waals surface area contributed by atoms with Gasteiger partial charge < -0.3 is 14.4 Å². The van der Waals surface area contributed by atoms with Gasteiger partial charge in [0.2, 0.25) is 5.91 Å². The van der Waals surface area contributed by atoms with Crippen LogP contribution in [0.2, 0.25) is 0 Å². The molecule has 0 aliphatic carbocycles. The van der Waals surface area contributed by atoms with E-state index in [-0.39, 0.29) is 24.7 Å². The van der Waals surface area contributed by atoms with E-state index in [1.54, 1.807) is 37.1 Å². The molecule has 1 N–H and O–H groups in total. The van der Waals surface area contributed by atoms with Gasteiger partial charge in [-0.05, 0) is 45.0 Å². The van der Waals surface area contributed by atoms with Crippen LogP contribution in [0.15, 0.2) is 34.9 Å². The Kier molecular flexibility index (Phi) is 5.72. The third-order valence-electron chi connectivity index (χ3n) is 3.55. The van der Waals surface area contributed by atoms with Crippen LogP contribution in [-0.4, -0.2) is 39.6 Å². The summed E-state index contributed by atoms with van der Waals surface area (Å²) in [6.45, 7) is 6.05. The Morgan fingerprint density at radius 2 is 2.00 bits per heavy atom. The Balaban J connectivity index is 1.95. The maximum atomic E-state index is 12.9. The summed E-state index contributed by atoms with van der Waals surface area (Å²) in [6.07, 6.45) is 2.21. The van der Waals surface area contributed by atoms with Crippen molar-refractivity contribution in [1.82, 2.24) is 9.88 Å². The highest BCUT2D eigenvalue weighted by molar-refractivity contribution is 5.76. The van der Waals surface area contributed by atoms with Crippen LogP contribution in [0.3, 0.4) is 0 Å². The molecule has 0 radical (unpaired) electrons. The Bertz CT molecular complexity index is 674. The van der Waals surface area contributed by atoms with Crippen LogP contribution in [0.5, 0.6) is 0 Å². The molecule has 0 saturated heterocycles. The second-order valence-electron chi connectivity index (χ2n) is 6.35. The van der Waals surface area contributed by atoms with Gasteiger partial charge in [0.05, 0.1) is 11.8 Å². The molecule has 1 aromatic heterocycles. The molecular weight excluding hydrogens is 311 g/mol. The predicted molar refractivity (Wildman–Crippen MR) is 88.8 cm³/mol.